The van der Waals surface area contributed by atoms with Crippen molar-refractivity contribution < 1.29 is 0 Å². The molecule has 0 unspecified atom stereocenters. The van der Waals surface area contributed by atoms with Gasteiger partial charge in [0.1, 0.15) is 5.52 Å². The average Bonchev–Trinajstić information content (AvgIpc) is 3.24. The average molecular weight is 364 g/mol. The predicted octanol–water partition coefficient (Wildman–Crippen LogP) is 5.32. The van der Waals surface area contributed by atoms with Gasteiger partial charge in [-0.1, -0.05) is 78.9 Å². The highest BCUT2D eigenvalue weighted by Crippen LogP contribution is 2.30. The third-order valence-corrected chi connectivity index (χ3v) is 4.98. The first-order valence-corrected chi connectivity index (χ1v) is 9.43. The van der Waals surface area contributed by atoms with Gasteiger partial charge in [0.05, 0.1) is 17.4 Å². The van der Waals surface area contributed by atoms with Crippen LogP contribution in [0.25, 0.3) is 21.9 Å². The number of rotatable bonds is 5. The second-order valence-corrected chi connectivity index (χ2v) is 6.91. The van der Waals surface area contributed by atoms with Gasteiger partial charge in [-0.2, -0.15) is 0 Å². The van der Waals surface area contributed by atoms with Crippen molar-refractivity contribution in [2.45, 2.75) is 13.1 Å². The maximum absolute atomic E-state index is 5.01. The molecule has 5 rings (SSSR count). The van der Waals surface area contributed by atoms with Gasteiger partial charge < -0.3 is 9.88 Å². The zero-order valence-corrected chi connectivity index (χ0v) is 15.4. The van der Waals surface area contributed by atoms with Crippen LogP contribution in [-0.4, -0.2) is 15.0 Å². The summed E-state index contributed by atoms with van der Waals surface area (Å²) in [5.41, 5.74) is 5.41. The van der Waals surface area contributed by atoms with Crippen molar-refractivity contribution in [3.8, 4) is 0 Å². The molecule has 0 aliphatic carbocycles. The molecule has 0 bridgehead atoms. The Hall–Kier alpha value is -3.66. The molecular formula is C24H20N4. The molecule has 1 N–H and O–H groups in total. The van der Waals surface area contributed by atoms with Crippen LogP contribution in [-0.2, 0) is 13.1 Å². The molecule has 2 aromatic heterocycles. The number of aromatic nitrogens is 3. The van der Waals surface area contributed by atoms with Gasteiger partial charge in [-0.25, -0.2) is 9.97 Å². The molecule has 4 heteroatoms. The Balaban J connectivity index is 1.66. The lowest BCUT2D eigenvalue weighted by atomic mass is 10.1. The van der Waals surface area contributed by atoms with Crippen molar-refractivity contribution in [2.24, 2.45) is 0 Å². The molecule has 28 heavy (non-hydrogen) atoms. The largest absolute Gasteiger partial charge is 0.346 e. The lowest BCUT2D eigenvalue weighted by Crippen LogP contribution is -2.23. The van der Waals surface area contributed by atoms with Gasteiger partial charge in [0, 0.05) is 18.5 Å². The maximum atomic E-state index is 5.01. The third kappa shape index (κ3) is 3.09. The molecule has 0 atom stereocenters. The van der Waals surface area contributed by atoms with Crippen molar-refractivity contribution in [1.82, 2.24) is 15.0 Å². The number of nitrogens with zero attached hydrogens (tertiary/aromatic N) is 3. The van der Waals surface area contributed by atoms with E-state index >= 15 is 0 Å². The fourth-order valence-electron chi connectivity index (χ4n) is 3.65. The van der Waals surface area contributed by atoms with Gasteiger partial charge in [-0.05, 0) is 17.2 Å². The summed E-state index contributed by atoms with van der Waals surface area (Å²) in [6, 6.07) is 29.2. The molecule has 136 valence electrons. The summed E-state index contributed by atoms with van der Waals surface area (Å²) >= 11 is 0. The molecule has 0 saturated carbocycles. The van der Waals surface area contributed by atoms with Gasteiger partial charge >= 0.3 is 0 Å². The Morgan fingerprint density at radius 3 is 2.00 bits per heavy atom. The van der Waals surface area contributed by atoms with Gasteiger partial charge in [0.25, 0.3) is 0 Å². The Kier molecular flexibility index (Phi) is 4.22. The first kappa shape index (κ1) is 16.5. The van der Waals surface area contributed by atoms with E-state index in [1.165, 1.54) is 11.1 Å². The zero-order chi connectivity index (χ0) is 18.8. The molecule has 0 saturated heterocycles. The molecule has 2 heterocycles. The number of pyridine rings is 1. The van der Waals surface area contributed by atoms with E-state index in [2.05, 4.69) is 75.5 Å². The zero-order valence-electron chi connectivity index (χ0n) is 15.4. The molecule has 0 spiro atoms. The Bertz CT molecular complexity index is 1170. The summed E-state index contributed by atoms with van der Waals surface area (Å²) in [5.74, 6) is 0.905. The van der Waals surface area contributed by atoms with Gasteiger partial charge in [0.15, 0.2) is 5.82 Å². The van der Waals surface area contributed by atoms with Gasteiger partial charge in [-0.15, -0.1) is 0 Å². The van der Waals surface area contributed by atoms with Crippen LogP contribution >= 0.6 is 0 Å². The number of hydrogen-bond donors (Lipinski definition) is 1. The van der Waals surface area contributed by atoms with E-state index in [0.717, 1.165) is 40.8 Å². The van der Waals surface area contributed by atoms with Crippen LogP contribution < -0.4 is 4.90 Å². The summed E-state index contributed by atoms with van der Waals surface area (Å²) in [7, 11) is 0. The second kappa shape index (κ2) is 7.16. The minimum absolute atomic E-state index is 0.767. The highest BCUT2D eigenvalue weighted by Gasteiger charge is 2.17. The summed E-state index contributed by atoms with van der Waals surface area (Å²) in [6.45, 7) is 1.53. The molecule has 0 radical (unpaired) electrons. The minimum atomic E-state index is 0.767. The van der Waals surface area contributed by atoms with E-state index in [-0.39, 0.29) is 0 Å². The van der Waals surface area contributed by atoms with Crippen LogP contribution in [0.4, 0.5) is 5.82 Å². The van der Waals surface area contributed by atoms with E-state index in [4.69, 9.17) is 4.98 Å². The quantitative estimate of drug-likeness (QED) is 0.459. The van der Waals surface area contributed by atoms with Crippen molar-refractivity contribution in [3.63, 3.8) is 0 Å². The number of hydrogen-bond acceptors (Lipinski definition) is 3. The molecule has 3 aromatic carbocycles. The normalized spacial score (nSPS) is 11.1. The number of anilines is 1. The minimum Gasteiger partial charge on any atom is -0.346 e. The predicted molar refractivity (Wildman–Crippen MR) is 114 cm³/mol. The number of nitrogens with one attached hydrogen (secondary N) is 1. The van der Waals surface area contributed by atoms with Crippen LogP contribution in [0.2, 0.25) is 0 Å². The molecule has 0 amide bonds. The molecule has 4 nitrogen and oxygen atoms in total. The highest BCUT2D eigenvalue weighted by molar-refractivity contribution is 6.06. The highest BCUT2D eigenvalue weighted by atomic mass is 15.2. The summed E-state index contributed by atoms with van der Waals surface area (Å²) < 4.78 is 0. The lowest BCUT2D eigenvalue weighted by Gasteiger charge is -2.25. The van der Waals surface area contributed by atoms with Crippen molar-refractivity contribution in [2.75, 3.05) is 4.90 Å². The Morgan fingerprint density at radius 1 is 0.714 bits per heavy atom. The maximum Gasteiger partial charge on any atom is 0.158 e. The number of imidazole rings is 1. The SMILES string of the molecule is c1ccc(CN(Cc2ccccc2)c2nc3ccccc3c3[nH]cnc23)cc1. The van der Waals surface area contributed by atoms with E-state index < -0.39 is 0 Å². The Labute approximate surface area is 163 Å². The third-order valence-electron chi connectivity index (χ3n) is 4.98. The van der Waals surface area contributed by atoms with Crippen LogP contribution in [0.1, 0.15) is 11.1 Å². The summed E-state index contributed by atoms with van der Waals surface area (Å²) in [5, 5.41) is 1.10. The smallest absolute Gasteiger partial charge is 0.158 e. The molecular weight excluding hydrogens is 344 g/mol. The van der Waals surface area contributed by atoms with Crippen LogP contribution in [0, 0.1) is 0 Å². The van der Waals surface area contributed by atoms with Crippen molar-refractivity contribution in [1.29, 1.82) is 0 Å². The van der Waals surface area contributed by atoms with Crippen LogP contribution in [0.5, 0.6) is 0 Å². The fourth-order valence-corrected chi connectivity index (χ4v) is 3.65. The standard InChI is InChI=1S/C24H20N4/c1-3-9-18(10-4-1)15-28(16-19-11-5-2-6-12-19)24-23-22(25-17-26-23)20-13-7-8-14-21(20)27-24/h1-14,17H,15-16H2,(H,25,26). The monoisotopic (exact) mass is 364 g/mol. The van der Waals surface area contributed by atoms with Crippen molar-refractivity contribution in [3.05, 3.63) is 102 Å². The summed E-state index contributed by atoms with van der Waals surface area (Å²) in [4.78, 5) is 15.2. The van der Waals surface area contributed by atoms with E-state index in [1.54, 1.807) is 6.33 Å². The number of benzene rings is 3. The summed E-state index contributed by atoms with van der Waals surface area (Å²) in [6.07, 6.45) is 1.76. The molecule has 0 aliphatic heterocycles. The fraction of sp³-hybridized carbons (Fsp3) is 0.0833. The first-order chi connectivity index (χ1) is 13.9. The second-order valence-electron chi connectivity index (χ2n) is 6.91. The van der Waals surface area contributed by atoms with E-state index in [1.807, 2.05) is 24.3 Å². The van der Waals surface area contributed by atoms with Gasteiger partial charge in [-0.3, -0.25) is 0 Å². The number of aromatic amines is 1. The number of H-pyrrole nitrogens is 1. The lowest BCUT2D eigenvalue weighted by molar-refractivity contribution is 0.789. The molecule has 0 fully saturated rings. The number of para-hydroxylation sites is 1. The topological polar surface area (TPSA) is 44.8 Å². The van der Waals surface area contributed by atoms with E-state index in [0.29, 0.717) is 0 Å². The van der Waals surface area contributed by atoms with E-state index in [9.17, 15) is 0 Å². The Morgan fingerprint density at radius 2 is 1.32 bits per heavy atom. The number of fused-ring (bicyclic) bond motifs is 3. The van der Waals surface area contributed by atoms with Crippen LogP contribution in [0.15, 0.2) is 91.3 Å². The molecule has 5 aromatic rings. The first-order valence-electron chi connectivity index (χ1n) is 9.43. The molecule has 0 aliphatic rings. The van der Waals surface area contributed by atoms with Gasteiger partial charge in [0.2, 0.25) is 0 Å². The van der Waals surface area contributed by atoms with Crippen molar-refractivity contribution >= 4 is 27.8 Å². The van der Waals surface area contributed by atoms with Crippen LogP contribution in [0.3, 0.4) is 0 Å².